The van der Waals surface area contributed by atoms with Crippen molar-refractivity contribution < 1.29 is 80.2 Å². The third kappa shape index (κ3) is 64.6. The zero-order valence-electron chi connectivity index (χ0n) is 57.7. The van der Waals surface area contributed by atoms with E-state index in [0.717, 1.165) is 108 Å². The van der Waals surface area contributed by atoms with Crippen LogP contribution in [-0.4, -0.2) is 96.7 Å². The molecule has 0 aliphatic carbocycles. The number of aliphatic hydroxyl groups excluding tert-OH is 1. The molecule has 3 N–H and O–H groups in total. The highest BCUT2D eigenvalue weighted by Crippen LogP contribution is 2.45. The smallest absolute Gasteiger partial charge is 0.462 e. The van der Waals surface area contributed by atoms with Gasteiger partial charge in [-0.1, -0.05) is 305 Å². The van der Waals surface area contributed by atoms with Crippen molar-refractivity contribution in [1.82, 2.24) is 0 Å². The van der Waals surface area contributed by atoms with E-state index in [0.29, 0.717) is 25.7 Å². The van der Waals surface area contributed by atoms with E-state index in [1.54, 1.807) is 0 Å². The van der Waals surface area contributed by atoms with Crippen LogP contribution < -0.4 is 0 Å². The number of hydrogen-bond acceptors (Lipinski definition) is 15. The van der Waals surface area contributed by atoms with Crippen LogP contribution in [0.15, 0.2) is 0 Å². The SMILES string of the molecule is CCCCCCCCCCCCCCC(=O)O[C@H](COC(=O)CCCCCCC)COP(=O)(O)OC[C@H](O)COP(=O)(O)OC[C@@H](COC(=O)CCCCCCCCCCCCCC(C)C)OC(=O)CCCCCCCCCCCCCCCCCC(C)C. The number of phosphoric ester groups is 2. The van der Waals surface area contributed by atoms with Crippen LogP contribution in [0.2, 0.25) is 0 Å². The van der Waals surface area contributed by atoms with E-state index in [4.69, 9.17) is 37.0 Å². The number of ether oxygens (including phenoxy) is 4. The molecule has 17 nitrogen and oxygen atoms in total. The molecule has 0 aromatic carbocycles. The number of unbranched alkanes of at least 4 members (excludes halogenated alkanes) is 39. The van der Waals surface area contributed by atoms with Gasteiger partial charge in [0.25, 0.3) is 0 Å². The number of carbonyl (C=O) groups is 4. The molecule has 19 heteroatoms. The molecule has 0 fully saturated rings. The summed E-state index contributed by atoms with van der Waals surface area (Å²) < 4.78 is 68.1. The standard InChI is InChI=1S/C70H136O17P2/c1-7-9-11-13-14-15-16-25-31-36-42-48-54-69(74)86-65(58-80-67(72)52-46-38-12-10-8-2)60-84-88(76,77)82-56-64(71)57-83-89(78,79)85-61-66(59-81-68(73)53-47-41-35-30-27-22-24-29-34-40-45-51-63(5)6)87-70(75)55-49-43-37-32-26-21-19-17-18-20-23-28-33-39-44-50-62(3)4/h62-66,71H,7-61H2,1-6H3,(H,76,77)(H,78,79)/t64-,65+,66+/m0/s1. The van der Waals surface area contributed by atoms with Crippen LogP contribution in [0, 0.1) is 11.8 Å². The van der Waals surface area contributed by atoms with Crippen molar-refractivity contribution in [3.8, 4) is 0 Å². The summed E-state index contributed by atoms with van der Waals surface area (Å²) in [5.74, 6) is -0.560. The molecule has 0 radical (unpaired) electrons. The van der Waals surface area contributed by atoms with Crippen LogP contribution in [0.1, 0.15) is 356 Å². The van der Waals surface area contributed by atoms with Crippen molar-refractivity contribution >= 4 is 39.5 Å². The first-order valence-electron chi connectivity index (χ1n) is 36.5. The molecule has 0 spiro atoms. The van der Waals surface area contributed by atoms with E-state index in [1.165, 1.54) is 167 Å². The van der Waals surface area contributed by atoms with Gasteiger partial charge in [-0.15, -0.1) is 0 Å². The Morgan fingerprint density at radius 2 is 0.517 bits per heavy atom. The van der Waals surface area contributed by atoms with Crippen molar-refractivity contribution in [3.63, 3.8) is 0 Å². The van der Waals surface area contributed by atoms with Crippen molar-refractivity contribution in [2.75, 3.05) is 39.6 Å². The molecule has 0 aliphatic rings. The Morgan fingerprint density at radius 3 is 0.764 bits per heavy atom. The number of phosphoric acid groups is 2. The lowest BCUT2D eigenvalue weighted by molar-refractivity contribution is -0.161. The predicted molar refractivity (Wildman–Crippen MR) is 358 cm³/mol. The van der Waals surface area contributed by atoms with Gasteiger partial charge >= 0.3 is 39.5 Å². The van der Waals surface area contributed by atoms with Gasteiger partial charge in [-0.05, 0) is 37.5 Å². The van der Waals surface area contributed by atoms with E-state index in [-0.39, 0.29) is 25.7 Å². The van der Waals surface area contributed by atoms with E-state index in [9.17, 15) is 43.2 Å². The monoisotopic (exact) mass is 1310 g/mol. The van der Waals surface area contributed by atoms with Gasteiger partial charge in [-0.2, -0.15) is 0 Å². The number of aliphatic hydroxyl groups is 1. The molecule has 0 aromatic heterocycles. The van der Waals surface area contributed by atoms with Crippen LogP contribution >= 0.6 is 15.6 Å². The second-order valence-corrected chi connectivity index (χ2v) is 29.1. The molecule has 0 amide bonds. The minimum atomic E-state index is -4.95. The van der Waals surface area contributed by atoms with Crippen molar-refractivity contribution in [2.24, 2.45) is 11.8 Å². The largest absolute Gasteiger partial charge is 0.472 e. The summed E-state index contributed by atoms with van der Waals surface area (Å²) in [6.45, 7) is 9.49. The molecule has 0 heterocycles. The van der Waals surface area contributed by atoms with Crippen molar-refractivity contribution in [1.29, 1.82) is 0 Å². The maximum atomic E-state index is 13.0. The third-order valence-electron chi connectivity index (χ3n) is 16.2. The average molecular weight is 1310 g/mol. The fourth-order valence-electron chi connectivity index (χ4n) is 10.6. The van der Waals surface area contributed by atoms with E-state index in [2.05, 4.69) is 41.5 Å². The summed E-state index contributed by atoms with van der Waals surface area (Å²) in [7, 11) is -9.89. The van der Waals surface area contributed by atoms with Crippen LogP contribution in [0.3, 0.4) is 0 Å². The number of carbonyl (C=O) groups excluding carboxylic acids is 4. The molecule has 0 aliphatic heterocycles. The average Bonchev–Trinajstić information content (AvgIpc) is 3.71. The quantitative estimate of drug-likeness (QED) is 0.0222. The first-order chi connectivity index (χ1) is 42.9. The van der Waals surface area contributed by atoms with Crippen LogP contribution in [0.25, 0.3) is 0 Å². The Balaban J connectivity index is 5.15. The summed E-state index contributed by atoms with van der Waals surface area (Å²) in [4.78, 5) is 72.3. The maximum absolute atomic E-state index is 13.0. The lowest BCUT2D eigenvalue weighted by Gasteiger charge is -2.21. The van der Waals surface area contributed by atoms with Gasteiger partial charge in [0.1, 0.15) is 19.3 Å². The summed E-state index contributed by atoms with van der Waals surface area (Å²) in [6, 6.07) is 0. The minimum Gasteiger partial charge on any atom is -0.462 e. The maximum Gasteiger partial charge on any atom is 0.472 e. The first-order valence-corrected chi connectivity index (χ1v) is 39.5. The Hall–Kier alpha value is -1.94. The number of rotatable bonds is 69. The molecule has 0 rings (SSSR count). The summed E-state index contributed by atoms with van der Waals surface area (Å²) in [5, 5.41) is 10.6. The number of hydrogen-bond donors (Lipinski definition) is 3. The van der Waals surface area contributed by atoms with Crippen LogP contribution in [0.5, 0.6) is 0 Å². The lowest BCUT2D eigenvalue weighted by atomic mass is 10.0. The van der Waals surface area contributed by atoms with Gasteiger partial charge in [-0.3, -0.25) is 37.3 Å². The van der Waals surface area contributed by atoms with E-state index in [1.807, 2.05) is 0 Å². The minimum absolute atomic E-state index is 0.106. The number of esters is 4. The highest BCUT2D eigenvalue weighted by Gasteiger charge is 2.30. The lowest BCUT2D eigenvalue weighted by Crippen LogP contribution is -2.30. The van der Waals surface area contributed by atoms with Gasteiger partial charge in [0.2, 0.25) is 0 Å². The molecule has 89 heavy (non-hydrogen) atoms. The summed E-state index contributed by atoms with van der Waals surface area (Å²) in [6.07, 6.45) is 47.5. The summed E-state index contributed by atoms with van der Waals surface area (Å²) in [5.41, 5.74) is 0. The predicted octanol–water partition coefficient (Wildman–Crippen LogP) is 20.0. The Morgan fingerprint density at radius 1 is 0.303 bits per heavy atom. The van der Waals surface area contributed by atoms with E-state index < -0.39 is 97.5 Å². The van der Waals surface area contributed by atoms with Crippen molar-refractivity contribution in [3.05, 3.63) is 0 Å². The molecule has 0 saturated heterocycles. The topological polar surface area (TPSA) is 237 Å². The zero-order chi connectivity index (χ0) is 65.7. The highest BCUT2D eigenvalue weighted by molar-refractivity contribution is 7.47. The van der Waals surface area contributed by atoms with Gasteiger partial charge < -0.3 is 33.8 Å². The first kappa shape index (κ1) is 87.1. The van der Waals surface area contributed by atoms with Crippen LogP contribution in [-0.2, 0) is 65.4 Å². The molecule has 0 bridgehead atoms. The van der Waals surface area contributed by atoms with Gasteiger partial charge in [0.15, 0.2) is 12.2 Å². The fraction of sp³-hybridized carbons (Fsp3) is 0.943. The molecular formula is C70H136O17P2. The zero-order valence-corrected chi connectivity index (χ0v) is 59.5. The second-order valence-electron chi connectivity index (χ2n) is 26.2. The summed E-state index contributed by atoms with van der Waals surface area (Å²) >= 11 is 0. The van der Waals surface area contributed by atoms with E-state index >= 15 is 0 Å². The fourth-order valence-corrected chi connectivity index (χ4v) is 12.2. The van der Waals surface area contributed by atoms with Crippen molar-refractivity contribution in [2.45, 2.75) is 374 Å². The molecule has 5 atom stereocenters. The Labute approximate surface area is 543 Å². The Bertz CT molecular complexity index is 1730. The normalized spacial score (nSPS) is 14.1. The molecule has 2 unspecified atom stereocenters. The molecule has 0 saturated carbocycles. The van der Waals surface area contributed by atoms with Crippen LogP contribution in [0.4, 0.5) is 0 Å². The molecule has 0 aromatic rings. The van der Waals surface area contributed by atoms with Gasteiger partial charge in [0.05, 0.1) is 26.4 Å². The molecule has 528 valence electrons. The molecular weight excluding hydrogens is 1170 g/mol. The highest BCUT2D eigenvalue weighted by atomic mass is 31.2. The Kier molecular flexibility index (Phi) is 60.8. The van der Waals surface area contributed by atoms with Gasteiger partial charge in [-0.25, -0.2) is 9.13 Å². The third-order valence-corrected chi connectivity index (χ3v) is 18.1. The second kappa shape index (κ2) is 62.2. The van der Waals surface area contributed by atoms with Gasteiger partial charge in [0, 0.05) is 25.7 Å².